The summed E-state index contributed by atoms with van der Waals surface area (Å²) >= 11 is 3.37. The Morgan fingerprint density at radius 1 is 1.59 bits per heavy atom. The van der Waals surface area contributed by atoms with Crippen LogP contribution in [0.1, 0.15) is 18.4 Å². The molecule has 1 fully saturated rings. The van der Waals surface area contributed by atoms with E-state index in [2.05, 4.69) is 27.3 Å². The number of nitrogens with zero attached hydrogens (tertiary/aromatic N) is 1. The summed E-state index contributed by atoms with van der Waals surface area (Å²) in [6.07, 6.45) is 2.43. The van der Waals surface area contributed by atoms with Crippen LogP contribution in [0.15, 0.2) is 28.7 Å². The van der Waals surface area contributed by atoms with Gasteiger partial charge in [-0.05, 0) is 36.5 Å². The van der Waals surface area contributed by atoms with E-state index in [4.69, 9.17) is 5.26 Å². The van der Waals surface area contributed by atoms with Gasteiger partial charge in [0.25, 0.3) is 0 Å². The molecule has 17 heavy (non-hydrogen) atoms. The lowest BCUT2D eigenvalue weighted by Crippen LogP contribution is -2.36. The van der Waals surface area contributed by atoms with Gasteiger partial charge in [0.1, 0.15) is 6.04 Å². The molecule has 1 unspecified atom stereocenters. The largest absolute Gasteiger partial charge is 0.340 e. The highest BCUT2D eigenvalue weighted by Crippen LogP contribution is 2.32. The maximum Gasteiger partial charge on any atom is 0.225 e. The van der Waals surface area contributed by atoms with Crippen LogP contribution >= 0.6 is 15.9 Å². The van der Waals surface area contributed by atoms with E-state index >= 15 is 0 Å². The van der Waals surface area contributed by atoms with Gasteiger partial charge < -0.3 is 5.32 Å². The van der Waals surface area contributed by atoms with Gasteiger partial charge in [0.2, 0.25) is 5.91 Å². The zero-order valence-electron chi connectivity index (χ0n) is 9.32. The second-order valence-electron chi connectivity index (χ2n) is 4.32. The summed E-state index contributed by atoms with van der Waals surface area (Å²) in [4.78, 5) is 11.7. The van der Waals surface area contributed by atoms with Crippen LogP contribution in [0.5, 0.6) is 0 Å². The number of nitrogens with one attached hydrogen (secondary N) is 1. The number of benzene rings is 1. The van der Waals surface area contributed by atoms with Crippen molar-refractivity contribution in [3.05, 3.63) is 34.3 Å². The summed E-state index contributed by atoms with van der Waals surface area (Å²) in [5.41, 5.74) is 0.948. The zero-order valence-corrected chi connectivity index (χ0v) is 10.9. The van der Waals surface area contributed by atoms with E-state index in [1.165, 1.54) is 0 Å². The molecule has 1 aliphatic rings. The summed E-state index contributed by atoms with van der Waals surface area (Å²) in [6.45, 7) is 0. The van der Waals surface area contributed by atoms with Crippen LogP contribution in [0.2, 0.25) is 0 Å². The molecule has 2 rings (SSSR count). The molecule has 0 radical (unpaired) electrons. The highest BCUT2D eigenvalue weighted by molar-refractivity contribution is 9.10. The van der Waals surface area contributed by atoms with Crippen LogP contribution in [0.25, 0.3) is 0 Å². The fourth-order valence-corrected chi connectivity index (χ4v) is 2.19. The summed E-state index contributed by atoms with van der Waals surface area (Å²) in [5.74, 6) is 0.285. The molecule has 0 aliphatic heterocycles. The maximum absolute atomic E-state index is 11.7. The second-order valence-corrected chi connectivity index (χ2v) is 5.23. The minimum absolute atomic E-state index is 0.0819. The smallest absolute Gasteiger partial charge is 0.225 e. The number of halogens is 1. The quantitative estimate of drug-likeness (QED) is 0.926. The van der Waals surface area contributed by atoms with E-state index in [9.17, 15) is 4.79 Å². The van der Waals surface area contributed by atoms with Gasteiger partial charge in [0, 0.05) is 4.47 Å². The lowest BCUT2D eigenvalue weighted by atomic mass is 10.1. The Kier molecular flexibility index (Phi) is 3.80. The molecular weight excluding hydrogens is 280 g/mol. The van der Waals surface area contributed by atoms with Gasteiger partial charge in [0.15, 0.2) is 0 Å². The van der Waals surface area contributed by atoms with Crippen molar-refractivity contribution >= 4 is 21.8 Å². The molecule has 88 valence electrons. The Morgan fingerprint density at radius 3 is 2.94 bits per heavy atom. The SMILES string of the molecule is N#CC(NC(=O)Cc1cccc(Br)c1)C1CC1. The minimum Gasteiger partial charge on any atom is -0.340 e. The molecule has 0 spiro atoms. The summed E-state index contributed by atoms with van der Waals surface area (Å²) < 4.78 is 0.960. The predicted octanol–water partition coefficient (Wildman–Crippen LogP) is 2.41. The maximum atomic E-state index is 11.7. The standard InChI is InChI=1S/C13H13BrN2O/c14-11-3-1-2-9(6-11)7-13(17)16-12(8-15)10-4-5-10/h1-3,6,10,12H,4-5,7H2,(H,16,17). The van der Waals surface area contributed by atoms with Crippen molar-refractivity contribution < 1.29 is 4.79 Å². The highest BCUT2D eigenvalue weighted by Gasteiger charge is 2.32. The molecule has 1 aromatic rings. The Bertz CT molecular complexity index is 463. The van der Waals surface area contributed by atoms with Crippen LogP contribution in [-0.4, -0.2) is 11.9 Å². The molecule has 1 aromatic carbocycles. The van der Waals surface area contributed by atoms with Crippen LogP contribution in [0.4, 0.5) is 0 Å². The number of hydrogen-bond acceptors (Lipinski definition) is 2. The fraction of sp³-hybridized carbons (Fsp3) is 0.385. The topological polar surface area (TPSA) is 52.9 Å². The van der Waals surface area contributed by atoms with Crippen molar-refractivity contribution in [1.82, 2.24) is 5.32 Å². The van der Waals surface area contributed by atoms with Crippen LogP contribution < -0.4 is 5.32 Å². The lowest BCUT2D eigenvalue weighted by Gasteiger charge is -2.10. The molecule has 0 aromatic heterocycles. The van der Waals surface area contributed by atoms with Crippen molar-refractivity contribution in [2.24, 2.45) is 5.92 Å². The minimum atomic E-state index is -0.311. The third kappa shape index (κ3) is 3.57. The van der Waals surface area contributed by atoms with Gasteiger partial charge in [-0.3, -0.25) is 4.79 Å². The molecule has 0 saturated heterocycles. The Morgan fingerprint density at radius 2 is 2.35 bits per heavy atom. The van der Waals surface area contributed by atoms with E-state index in [1.54, 1.807) is 0 Å². The molecule has 4 heteroatoms. The molecule has 3 nitrogen and oxygen atoms in total. The molecule has 1 amide bonds. The first-order chi connectivity index (χ1) is 8.19. The normalized spacial score (nSPS) is 16.0. The highest BCUT2D eigenvalue weighted by atomic mass is 79.9. The average molecular weight is 293 g/mol. The Hall–Kier alpha value is -1.34. The first kappa shape index (κ1) is 12.1. The van der Waals surface area contributed by atoms with Crippen molar-refractivity contribution in [3.8, 4) is 6.07 Å². The second kappa shape index (κ2) is 5.33. The van der Waals surface area contributed by atoms with Gasteiger partial charge in [0.05, 0.1) is 12.5 Å². The van der Waals surface area contributed by atoms with Crippen molar-refractivity contribution in [2.75, 3.05) is 0 Å². The van der Waals surface area contributed by atoms with Gasteiger partial charge in [-0.25, -0.2) is 0 Å². The molecule has 1 atom stereocenters. The summed E-state index contributed by atoms with van der Waals surface area (Å²) in [7, 11) is 0. The van der Waals surface area contributed by atoms with E-state index in [0.29, 0.717) is 12.3 Å². The molecule has 0 bridgehead atoms. The van der Waals surface area contributed by atoms with E-state index in [1.807, 2.05) is 24.3 Å². The summed E-state index contributed by atoms with van der Waals surface area (Å²) in [6, 6.07) is 9.48. The Balaban J connectivity index is 1.90. The third-order valence-electron chi connectivity index (χ3n) is 2.80. The first-order valence-electron chi connectivity index (χ1n) is 5.62. The fourth-order valence-electron chi connectivity index (χ4n) is 1.74. The van der Waals surface area contributed by atoms with Crippen molar-refractivity contribution in [2.45, 2.75) is 25.3 Å². The average Bonchev–Trinajstić information content (AvgIpc) is 3.09. The van der Waals surface area contributed by atoms with E-state index in [-0.39, 0.29) is 11.9 Å². The number of amides is 1. The van der Waals surface area contributed by atoms with Gasteiger partial charge in [-0.15, -0.1) is 0 Å². The van der Waals surface area contributed by atoms with E-state index < -0.39 is 0 Å². The number of rotatable bonds is 4. The number of nitriles is 1. The zero-order chi connectivity index (χ0) is 12.3. The first-order valence-corrected chi connectivity index (χ1v) is 6.42. The van der Waals surface area contributed by atoms with Crippen LogP contribution in [0.3, 0.4) is 0 Å². The van der Waals surface area contributed by atoms with Gasteiger partial charge >= 0.3 is 0 Å². The molecular formula is C13H13BrN2O. The van der Waals surface area contributed by atoms with Crippen LogP contribution in [-0.2, 0) is 11.2 Å². The van der Waals surface area contributed by atoms with E-state index in [0.717, 1.165) is 22.9 Å². The van der Waals surface area contributed by atoms with Gasteiger partial charge in [-0.1, -0.05) is 28.1 Å². The number of carbonyl (C=O) groups excluding carboxylic acids is 1. The molecule has 0 heterocycles. The third-order valence-corrected chi connectivity index (χ3v) is 3.30. The number of hydrogen-bond donors (Lipinski definition) is 1. The summed E-state index contributed by atoms with van der Waals surface area (Å²) in [5, 5.41) is 11.7. The van der Waals surface area contributed by atoms with Crippen molar-refractivity contribution in [3.63, 3.8) is 0 Å². The number of carbonyl (C=O) groups is 1. The molecule has 1 aliphatic carbocycles. The van der Waals surface area contributed by atoms with Crippen molar-refractivity contribution in [1.29, 1.82) is 5.26 Å². The molecule has 1 saturated carbocycles. The predicted molar refractivity (Wildman–Crippen MR) is 68.1 cm³/mol. The molecule has 1 N–H and O–H groups in total. The van der Waals surface area contributed by atoms with Gasteiger partial charge in [-0.2, -0.15) is 5.26 Å². The lowest BCUT2D eigenvalue weighted by molar-refractivity contribution is -0.120. The van der Waals surface area contributed by atoms with Crippen LogP contribution in [0, 0.1) is 17.2 Å². The monoisotopic (exact) mass is 292 g/mol. The Labute approximate surface area is 109 Å².